The minimum atomic E-state index is -1.12. The number of aliphatic carboxylic acids is 1. The van der Waals surface area contributed by atoms with Gasteiger partial charge in [0.1, 0.15) is 11.8 Å². The minimum absolute atomic E-state index is 0.0235. The number of rotatable bonds is 8. The molecule has 0 saturated heterocycles. The second kappa shape index (κ2) is 9.38. The fourth-order valence-corrected chi connectivity index (χ4v) is 2.53. The molecular weight excluding hydrogens is 348 g/mol. The number of hydrogen-bond acceptors (Lipinski definition) is 4. The Morgan fingerprint density at radius 3 is 2.41 bits per heavy atom. The summed E-state index contributed by atoms with van der Waals surface area (Å²) >= 11 is 0. The van der Waals surface area contributed by atoms with Crippen LogP contribution in [0, 0.1) is 6.92 Å². The molecule has 4 N–H and O–H groups in total. The zero-order chi connectivity index (χ0) is 19.8. The molecule has 0 aliphatic rings. The van der Waals surface area contributed by atoms with Gasteiger partial charge in [-0.05, 0) is 30.2 Å². The van der Waals surface area contributed by atoms with Crippen molar-refractivity contribution < 1.29 is 24.6 Å². The van der Waals surface area contributed by atoms with E-state index in [1.54, 1.807) is 37.3 Å². The highest BCUT2D eigenvalue weighted by Crippen LogP contribution is 2.18. The molecule has 0 aromatic heterocycles. The molecule has 0 spiro atoms. The number of amides is 2. The average Bonchev–Trinajstić information content (AvgIpc) is 2.61. The van der Waals surface area contributed by atoms with E-state index in [1.807, 2.05) is 6.07 Å². The van der Waals surface area contributed by atoms with Gasteiger partial charge in [0.2, 0.25) is 5.91 Å². The van der Waals surface area contributed by atoms with E-state index in [4.69, 9.17) is 0 Å². The third-order valence-corrected chi connectivity index (χ3v) is 3.95. The van der Waals surface area contributed by atoms with E-state index < -0.39 is 23.8 Å². The Labute approximate surface area is 157 Å². The molecule has 0 unspecified atom stereocenters. The lowest BCUT2D eigenvalue weighted by Gasteiger charge is -2.15. The molecule has 0 saturated carbocycles. The second-order valence-corrected chi connectivity index (χ2v) is 6.17. The van der Waals surface area contributed by atoms with Gasteiger partial charge in [0.15, 0.2) is 0 Å². The van der Waals surface area contributed by atoms with Gasteiger partial charge in [-0.3, -0.25) is 9.59 Å². The van der Waals surface area contributed by atoms with Crippen LogP contribution in [0.3, 0.4) is 0 Å². The Kier molecular flexibility index (Phi) is 6.93. The molecular formula is C20H22N2O5. The maximum absolute atomic E-state index is 12.0. The maximum Gasteiger partial charge on any atom is 0.326 e. The lowest BCUT2D eigenvalue weighted by atomic mass is 10.1. The number of aryl methyl sites for hydroxylation is 1. The van der Waals surface area contributed by atoms with E-state index in [0.29, 0.717) is 0 Å². The zero-order valence-electron chi connectivity index (χ0n) is 14.9. The first-order valence-corrected chi connectivity index (χ1v) is 8.50. The van der Waals surface area contributed by atoms with Crippen LogP contribution in [0.2, 0.25) is 0 Å². The molecule has 0 aliphatic heterocycles. The number of phenols is 1. The van der Waals surface area contributed by atoms with Gasteiger partial charge in [-0.25, -0.2) is 4.79 Å². The first kappa shape index (κ1) is 20.0. The molecule has 1 atom stereocenters. The van der Waals surface area contributed by atoms with Crippen LogP contribution in [0.5, 0.6) is 5.75 Å². The summed E-state index contributed by atoms with van der Waals surface area (Å²) in [7, 11) is 0. The normalized spacial score (nSPS) is 11.4. The fraction of sp³-hybridized carbons (Fsp3) is 0.250. The Morgan fingerprint density at radius 2 is 1.78 bits per heavy atom. The molecule has 7 heteroatoms. The van der Waals surface area contributed by atoms with Crippen LogP contribution in [0.15, 0.2) is 48.5 Å². The zero-order valence-corrected chi connectivity index (χ0v) is 14.9. The van der Waals surface area contributed by atoms with E-state index >= 15 is 0 Å². The van der Waals surface area contributed by atoms with Gasteiger partial charge in [-0.2, -0.15) is 0 Å². The van der Waals surface area contributed by atoms with Gasteiger partial charge in [-0.15, -0.1) is 0 Å². The number of carbonyl (C=O) groups excluding carboxylic acids is 2. The Hall–Kier alpha value is -3.35. The standard InChI is InChI=1S/C20H22N2O5/c1-13-7-8-15(17(23)11-13)19(25)21-10-9-18(24)22-16(20(26)27)12-14-5-3-2-4-6-14/h2-8,11,16,23H,9-10,12H2,1H3,(H,21,25)(H,22,24)(H,26,27)/t16-/m1/s1. The van der Waals surface area contributed by atoms with Gasteiger partial charge < -0.3 is 20.8 Å². The molecule has 27 heavy (non-hydrogen) atoms. The molecule has 2 aromatic carbocycles. The number of carboxylic acids is 1. The van der Waals surface area contributed by atoms with E-state index in [1.165, 1.54) is 12.1 Å². The van der Waals surface area contributed by atoms with Crippen molar-refractivity contribution in [3.63, 3.8) is 0 Å². The number of hydrogen-bond donors (Lipinski definition) is 4. The summed E-state index contributed by atoms with van der Waals surface area (Å²) in [5, 5.41) is 24.1. The number of carboxylic acid groups (broad SMARTS) is 1. The van der Waals surface area contributed by atoms with Crippen molar-refractivity contribution >= 4 is 17.8 Å². The first-order chi connectivity index (χ1) is 12.9. The molecule has 2 amide bonds. The molecule has 0 bridgehead atoms. The summed E-state index contributed by atoms with van der Waals surface area (Å²) in [4.78, 5) is 35.4. The largest absolute Gasteiger partial charge is 0.507 e. The second-order valence-electron chi connectivity index (χ2n) is 6.17. The predicted molar refractivity (Wildman–Crippen MR) is 99.5 cm³/mol. The van der Waals surface area contributed by atoms with Crippen molar-refractivity contribution in [3.05, 3.63) is 65.2 Å². The van der Waals surface area contributed by atoms with Gasteiger partial charge in [0.05, 0.1) is 5.56 Å². The lowest BCUT2D eigenvalue weighted by molar-refractivity contribution is -0.141. The molecule has 2 rings (SSSR count). The van der Waals surface area contributed by atoms with Gasteiger partial charge >= 0.3 is 5.97 Å². The summed E-state index contributed by atoms with van der Waals surface area (Å²) in [6, 6.07) is 12.6. The smallest absolute Gasteiger partial charge is 0.326 e. The third kappa shape index (κ3) is 6.14. The molecule has 0 heterocycles. The number of phenolic OH excluding ortho intramolecular Hbond substituents is 1. The first-order valence-electron chi connectivity index (χ1n) is 8.50. The number of nitrogens with one attached hydrogen (secondary N) is 2. The monoisotopic (exact) mass is 370 g/mol. The van der Waals surface area contributed by atoms with Crippen LogP contribution < -0.4 is 10.6 Å². The van der Waals surface area contributed by atoms with Crippen LogP contribution in [-0.4, -0.2) is 40.6 Å². The van der Waals surface area contributed by atoms with E-state index in [9.17, 15) is 24.6 Å². The topological polar surface area (TPSA) is 116 Å². The fourth-order valence-electron chi connectivity index (χ4n) is 2.53. The van der Waals surface area contributed by atoms with Crippen molar-refractivity contribution in [2.75, 3.05) is 6.54 Å². The number of benzene rings is 2. The highest BCUT2D eigenvalue weighted by molar-refractivity contribution is 5.97. The van der Waals surface area contributed by atoms with Crippen LogP contribution in [0.1, 0.15) is 27.9 Å². The molecule has 2 aromatic rings. The SMILES string of the molecule is Cc1ccc(C(=O)NCCC(=O)N[C@H](Cc2ccccc2)C(=O)O)c(O)c1. The summed E-state index contributed by atoms with van der Waals surface area (Å²) in [6.07, 6.45) is 0.0996. The van der Waals surface area contributed by atoms with Crippen molar-refractivity contribution in [2.24, 2.45) is 0 Å². The Morgan fingerprint density at radius 1 is 1.07 bits per heavy atom. The number of aromatic hydroxyl groups is 1. The highest BCUT2D eigenvalue weighted by Gasteiger charge is 2.20. The Balaban J connectivity index is 1.83. The van der Waals surface area contributed by atoms with Gasteiger partial charge in [0.25, 0.3) is 5.91 Å². The summed E-state index contributed by atoms with van der Waals surface area (Å²) in [6.45, 7) is 1.82. The predicted octanol–water partition coefficient (Wildman–Crippen LogP) is 1.63. The minimum Gasteiger partial charge on any atom is -0.507 e. The number of carbonyl (C=O) groups is 3. The highest BCUT2D eigenvalue weighted by atomic mass is 16.4. The third-order valence-electron chi connectivity index (χ3n) is 3.95. The molecule has 0 aliphatic carbocycles. The molecule has 0 fully saturated rings. The summed E-state index contributed by atoms with van der Waals surface area (Å²) < 4.78 is 0. The maximum atomic E-state index is 12.0. The van der Waals surface area contributed by atoms with E-state index in [-0.39, 0.29) is 30.7 Å². The lowest BCUT2D eigenvalue weighted by Crippen LogP contribution is -2.43. The van der Waals surface area contributed by atoms with Crippen molar-refractivity contribution in [3.8, 4) is 5.75 Å². The molecule has 0 radical (unpaired) electrons. The summed E-state index contributed by atoms with van der Waals surface area (Å²) in [5.41, 5.74) is 1.74. The van der Waals surface area contributed by atoms with E-state index in [0.717, 1.165) is 11.1 Å². The van der Waals surface area contributed by atoms with Crippen LogP contribution in [-0.2, 0) is 16.0 Å². The summed E-state index contributed by atoms with van der Waals surface area (Å²) in [5.74, 6) is -2.24. The van der Waals surface area contributed by atoms with Crippen molar-refractivity contribution in [1.82, 2.24) is 10.6 Å². The van der Waals surface area contributed by atoms with Crippen LogP contribution in [0.25, 0.3) is 0 Å². The molecule has 142 valence electrons. The average molecular weight is 370 g/mol. The van der Waals surface area contributed by atoms with Crippen LogP contribution >= 0.6 is 0 Å². The van der Waals surface area contributed by atoms with Crippen molar-refractivity contribution in [2.45, 2.75) is 25.8 Å². The van der Waals surface area contributed by atoms with Crippen molar-refractivity contribution in [1.29, 1.82) is 0 Å². The Bertz CT molecular complexity index is 820. The van der Waals surface area contributed by atoms with Gasteiger partial charge in [-0.1, -0.05) is 36.4 Å². The van der Waals surface area contributed by atoms with Crippen LogP contribution in [0.4, 0.5) is 0 Å². The van der Waals surface area contributed by atoms with E-state index in [2.05, 4.69) is 10.6 Å². The quantitative estimate of drug-likeness (QED) is 0.564. The van der Waals surface area contributed by atoms with Gasteiger partial charge in [0, 0.05) is 19.4 Å². The molecule has 7 nitrogen and oxygen atoms in total.